The summed E-state index contributed by atoms with van der Waals surface area (Å²) < 4.78 is 4.93. The number of nitrogen functional groups attached to an aromatic ring is 1. The zero-order chi connectivity index (χ0) is 11.4. The maximum atomic E-state index is 11.2. The summed E-state index contributed by atoms with van der Waals surface area (Å²) in [6, 6.07) is 6.35. The molecule has 4 heteroatoms. The van der Waals surface area contributed by atoms with Crippen LogP contribution < -0.4 is 10.5 Å². The molecule has 0 atom stereocenters. The highest BCUT2D eigenvalue weighted by Crippen LogP contribution is 2.19. The second kappa shape index (κ2) is 4.29. The molecule has 0 radical (unpaired) electrons. The minimum Gasteiger partial charge on any atom is -0.423 e. The van der Waals surface area contributed by atoms with Crippen molar-refractivity contribution in [2.75, 3.05) is 5.73 Å². The quantitative estimate of drug-likeness (QED) is 0.342. The molecule has 0 spiro atoms. The van der Waals surface area contributed by atoms with Gasteiger partial charge in [0.2, 0.25) is 0 Å². The Labute approximate surface area is 87.6 Å². The standard InChI is InChI=1S/C11H10N2O2/c1-7(2)11(14)15-9-4-3-8(6-12)10(13)5-9/h3-5H,1,13H2,2H3. The molecule has 1 aromatic rings. The highest BCUT2D eigenvalue weighted by molar-refractivity contribution is 5.88. The summed E-state index contributed by atoms with van der Waals surface area (Å²) >= 11 is 0. The molecule has 0 aliphatic heterocycles. The smallest absolute Gasteiger partial charge is 0.338 e. The molecule has 0 aliphatic rings. The van der Waals surface area contributed by atoms with E-state index in [1.54, 1.807) is 6.92 Å². The summed E-state index contributed by atoms with van der Waals surface area (Å²) in [6.45, 7) is 5.00. The normalized spacial score (nSPS) is 9.07. The van der Waals surface area contributed by atoms with E-state index in [9.17, 15) is 4.79 Å². The Morgan fingerprint density at radius 1 is 1.60 bits per heavy atom. The van der Waals surface area contributed by atoms with Crippen LogP contribution in [0.1, 0.15) is 12.5 Å². The fourth-order valence-electron chi connectivity index (χ4n) is 0.900. The van der Waals surface area contributed by atoms with Gasteiger partial charge in [0.05, 0.1) is 11.3 Å². The lowest BCUT2D eigenvalue weighted by molar-refractivity contribution is -0.130. The molecule has 0 amide bonds. The lowest BCUT2D eigenvalue weighted by Gasteiger charge is -2.04. The minimum atomic E-state index is -0.515. The molecule has 0 fully saturated rings. The van der Waals surface area contributed by atoms with Crippen molar-refractivity contribution >= 4 is 11.7 Å². The summed E-state index contributed by atoms with van der Waals surface area (Å²) in [5.41, 5.74) is 6.49. The van der Waals surface area contributed by atoms with Crippen molar-refractivity contribution in [3.8, 4) is 11.8 Å². The third-order valence-corrected chi connectivity index (χ3v) is 1.70. The van der Waals surface area contributed by atoms with Crippen LogP contribution in [0.4, 0.5) is 5.69 Å². The average Bonchev–Trinajstić information content (AvgIpc) is 2.18. The van der Waals surface area contributed by atoms with Crippen LogP contribution in [0.3, 0.4) is 0 Å². The van der Waals surface area contributed by atoms with E-state index in [1.807, 2.05) is 6.07 Å². The van der Waals surface area contributed by atoms with Crippen molar-refractivity contribution < 1.29 is 9.53 Å². The lowest BCUT2D eigenvalue weighted by Crippen LogP contribution is -2.08. The summed E-state index contributed by atoms with van der Waals surface area (Å²) in [5, 5.41) is 8.63. The van der Waals surface area contributed by atoms with Crippen LogP contribution in [0.15, 0.2) is 30.4 Å². The second-order valence-electron chi connectivity index (χ2n) is 3.03. The van der Waals surface area contributed by atoms with Gasteiger partial charge in [-0.25, -0.2) is 4.79 Å². The number of carbonyl (C=O) groups is 1. The van der Waals surface area contributed by atoms with Gasteiger partial charge in [-0.3, -0.25) is 0 Å². The van der Waals surface area contributed by atoms with E-state index in [0.29, 0.717) is 16.9 Å². The number of nitrogens with zero attached hydrogens (tertiary/aromatic N) is 1. The minimum absolute atomic E-state index is 0.282. The van der Waals surface area contributed by atoms with Crippen LogP contribution >= 0.6 is 0 Å². The van der Waals surface area contributed by atoms with Crippen molar-refractivity contribution in [1.29, 1.82) is 5.26 Å². The molecular weight excluding hydrogens is 192 g/mol. The van der Waals surface area contributed by atoms with Gasteiger partial charge in [-0.15, -0.1) is 0 Å². The van der Waals surface area contributed by atoms with Crippen LogP contribution in [0.5, 0.6) is 5.75 Å². The van der Waals surface area contributed by atoms with Crippen molar-refractivity contribution in [1.82, 2.24) is 0 Å². The molecular formula is C11H10N2O2. The number of hydrogen-bond acceptors (Lipinski definition) is 4. The van der Waals surface area contributed by atoms with E-state index in [-0.39, 0.29) is 5.69 Å². The molecule has 1 aromatic carbocycles. The molecule has 0 saturated carbocycles. The molecule has 0 bridgehead atoms. The zero-order valence-corrected chi connectivity index (χ0v) is 8.28. The van der Waals surface area contributed by atoms with E-state index < -0.39 is 5.97 Å². The molecule has 76 valence electrons. The maximum Gasteiger partial charge on any atom is 0.338 e. The molecule has 0 saturated heterocycles. The van der Waals surface area contributed by atoms with E-state index in [2.05, 4.69) is 6.58 Å². The number of anilines is 1. The molecule has 0 aromatic heterocycles. The van der Waals surface area contributed by atoms with Gasteiger partial charge >= 0.3 is 5.97 Å². The van der Waals surface area contributed by atoms with Gasteiger partial charge in [-0.05, 0) is 19.1 Å². The first-order valence-electron chi connectivity index (χ1n) is 4.22. The lowest BCUT2D eigenvalue weighted by atomic mass is 10.2. The molecule has 4 nitrogen and oxygen atoms in total. The first-order valence-corrected chi connectivity index (χ1v) is 4.22. The highest BCUT2D eigenvalue weighted by atomic mass is 16.5. The van der Waals surface area contributed by atoms with Gasteiger partial charge in [0, 0.05) is 11.6 Å². The van der Waals surface area contributed by atoms with Gasteiger partial charge in [0.15, 0.2) is 0 Å². The number of hydrogen-bond donors (Lipinski definition) is 1. The number of carbonyl (C=O) groups excluding carboxylic acids is 1. The Kier molecular flexibility index (Phi) is 3.09. The van der Waals surface area contributed by atoms with Crippen LogP contribution in [0.2, 0.25) is 0 Å². The van der Waals surface area contributed by atoms with Crippen LogP contribution in [-0.4, -0.2) is 5.97 Å². The number of nitriles is 1. The molecule has 0 aliphatic carbocycles. The maximum absolute atomic E-state index is 11.2. The SMILES string of the molecule is C=C(C)C(=O)Oc1ccc(C#N)c(N)c1. The Hall–Kier alpha value is -2.28. The zero-order valence-electron chi connectivity index (χ0n) is 8.28. The number of ether oxygens (including phenoxy) is 1. The summed E-state index contributed by atoms with van der Waals surface area (Å²) in [4.78, 5) is 11.2. The first-order chi connectivity index (χ1) is 7.04. The van der Waals surface area contributed by atoms with Crippen molar-refractivity contribution in [2.24, 2.45) is 0 Å². The van der Waals surface area contributed by atoms with E-state index in [4.69, 9.17) is 15.7 Å². The molecule has 0 unspecified atom stereocenters. The summed E-state index contributed by atoms with van der Waals surface area (Å²) in [7, 11) is 0. The van der Waals surface area contributed by atoms with Crippen LogP contribution in [0, 0.1) is 11.3 Å². The average molecular weight is 202 g/mol. The van der Waals surface area contributed by atoms with Crippen molar-refractivity contribution in [3.05, 3.63) is 35.9 Å². The molecule has 2 N–H and O–H groups in total. The monoisotopic (exact) mass is 202 g/mol. The Morgan fingerprint density at radius 3 is 2.73 bits per heavy atom. The fraction of sp³-hybridized carbons (Fsp3) is 0.0909. The third kappa shape index (κ3) is 2.58. The molecule has 1 rings (SSSR count). The van der Waals surface area contributed by atoms with E-state index in [0.717, 1.165) is 0 Å². The predicted octanol–water partition coefficient (Wildman–Crippen LogP) is 1.62. The highest BCUT2D eigenvalue weighted by Gasteiger charge is 2.06. The first kappa shape index (κ1) is 10.8. The van der Waals surface area contributed by atoms with Gasteiger partial charge in [-0.2, -0.15) is 5.26 Å². The number of rotatable bonds is 2. The Morgan fingerprint density at radius 2 is 2.27 bits per heavy atom. The van der Waals surface area contributed by atoms with E-state index >= 15 is 0 Å². The summed E-state index contributed by atoms with van der Waals surface area (Å²) in [6.07, 6.45) is 0. The predicted molar refractivity (Wildman–Crippen MR) is 56.0 cm³/mol. The van der Waals surface area contributed by atoms with Crippen molar-refractivity contribution in [3.63, 3.8) is 0 Å². The van der Waals surface area contributed by atoms with Crippen LogP contribution in [-0.2, 0) is 4.79 Å². The van der Waals surface area contributed by atoms with Crippen molar-refractivity contribution in [2.45, 2.75) is 6.92 Å². The topological polar surface area (TPSA) is 76.1 Å². The van der Waals surface area contributed by atoms with Crippen LogP contribution in [0.25, 0.3) is 0 Å². The number of esters is 1. The molecule has 15 heavy (non-hydrogen) atoms. The van der Waals surface area contributed by atoms with Gasteiger partial charge in [-0.1, -0.05) is 6.58 Å². The van der Waals surface area contributed by atoms with Gasteiger partial charge < -0.3 is 10.5 Å². The molecule has 0 heterocycles. The summed E-state index contributed by atoms with van der Waals surface area (Å²) in [5.74, 6) is -0.210. The van der Waals surface area contributed by atoms with E-state index in [1.165, 1.54) is 18.2 Å². The third-order valence-electron chi connectivity index (χ3n) is 1.70. The Balaban J connectivity index is 2.90. The number of benzene rings is 1. The fourth-order valence-corrected chi connectivity index (χ4v) is 0.900. The van der Waals surface area contributed by atoms with Gasteiger partial charge in [0.25, 0.3) is 0 Å². The second-order valence-corrected chi connectivity index (χ2v) is 3.03. The number of nitrogens with two attached hydrogens (primary N) is 1. The Bertz CT molecular complexity index is 458. The largest absolute Gasteiger partial charge is 0.423 e. The van der Waals surface area contributed by atoms with Gasteiger partial charge in [0.1, 0.15) is 11.8 Å².